The zero-order chi connectivity index (χ0) is 25.7. The summed E-state index contributed by atoms with van der Waals surface area (Å²) in [7, 11) is 1.39. The Morgan fingerprint density at radius 1 is 1.03 bits per heavy atom. The SMILES string of the molecule is [2H]C([2H])([2H])NC(=O)c1nnc(Nc2ccccn2)cc1Nc1nccc(-c2ncc(F)cn2)c1OC. The third kappa shape index (κ3) is 4.79. The van der Waals surface area contributed by atoms with E-state index in [-0.39, 0.29) is 34.6 Å². The van der Waals surface area contributed by atoms with E-state index in [1.807, 2.05) is 5.32 Å². The fourth-order valence-electron chi connectivity index (χ4n) is 2.84. The molecule has 0 bridgehead atoms. The lowest BCUT2D eigenvalue weighted by atomic mass is 10.2. The molecule has 0 aliphatic heterocycles. The van der Waals surface area contributed by atoms with Crippen molar-refractivity contribution >= 4 is 29.0 Å². The first kappa shape index (κ1) is 17.9. The van der Waals surface area contributed by atoms with Crippen LogP contribution in [0.1, 0.15) is 14.6 Å². The van der Waals surface area contributed by atoms with Crippen molar-refractivity contribution in [2.24, 2.45) is 0 Å². The van der Waals surface area contributed by atoms with Crippen molar-refractivity contribution < 1.29 is 18.0 Å². The quantitative estimate of drug-likeness (QED) is 0.385. The van der Waals surface area contributed by atoms with Gasteiger partial charge in [0.1, 0.15) is 5.82 Å². The smallest absolute Gasteiger partial charge is 0.273 e. The molecule has 4 aromatic rings. The number of aromatic nitrogens is 6. The van der Waals surface area contributed by atoms with Crippen molar-refractivity contribution in [3.63, 3.8) is 0 Å². The molecule has 0 unspecified atom stereocenters. The van der Waals surface area contributed by atoms with Crippen LogP contribution in [0.4, 0.5) is 27.5 Å². The molecule has 1 amide bonds. The molecule has 0 atom stereocenters. The van der Waals surface area contributed by atoms with Crippen LogP contribution < -0.4 is 20.7 Å². The number of anilines is 4. The Labute approximate surface area is 191 Å². The van der Waals surface area contributed by atoms with Gasteiger partial charge in [-0.3, -0.25) is 4.79 Å². The van der Waals surface area contributed by atoms with E-state index in [0.717, 1.165) is 12.4 Å². The highest BCUT2D eigenvalue weighted by molar-refractivity contribution is 5.98. The summed E-state index contributed by atoms with van der Waals surface area (Å²) < 4.78 is 40.8. The lowest BCUT2D eigenvalue weighted by Crippen LogP contribution is -2.21. The fraction of sp³-hybridized carbons (Fsp3) is 0.0952. The fourth-order valence-corrected chi connectivity index (χ4v) is 2.84. The molecule has 33 heavy (non-hydrogen) atoms. The van der Waals surface area contributed by atoms with Gasteiger partial charge in [-0.2, -0.15) is 0 Å². The van der Waals surface area contributed by atoms with Gasteiger partial charge in [-0.25, -0.2) is 24.3 Å². The minimum atomic E-state index is -2.75. The first-order chi connectivity index (χ1) is 17.2. The van der Waals surface area contributed by atoms with Crippen molar-refractivity contribution in [3.8, 4) is 17.1 Å². The molecule has 0 fully saturated rings. The molecule has 166 valence electrons. The highest BCUT2D eigenvalue weighted by atomic mass is 19.1. The van der Waals surface area contributed by atoms with Gasteiger partial charge in [-0.05, 0) is 18.2 Å². The first-order valence-electron chi connectivity index (χ1n) is 10.9. The average molecular weight is 450 g/mol. The van der Waals surface area contributed by atoms with E-state index in [9.17, 15) is 9.18 Å². The van der Waals surface area contributed by atoms with Gasteiger partial charge in [0.2, 0.25) is 0 Å². The average Bonchev–Trinajstić information content (AvgIpc) is 2.84. The maximum atomic E-state index is 13.3. The monoisotopic (exact) mass is 450 g/mol. The zero-order valence-corrected chi connectivity index (χ0v) is 17.1. The molecule has 0 aliphatic rings. The lowest BCUT2D eigenvalue weighted by Gasteiger charge is -2.15. The number of nitrogens with one attached hydrogen (secondary N) is 3. The van der Waals surface area contributed by atoms with Gasteiger partial charge in [0, 0.05) is 29.5 Å². The molecular formula is C21H18FN9O2. The second-order valence-corrected chi connectivity index (χ2v) is 6.38. The van der Waals surface area contributed by atoms with Crippen molar-refractivity contribution in [1.82, 2.24) is 35.5 Å². The number of carbonyl (C=O) groups excluding carboxylic acids is 1. The second kappa shape index (κ2) is 9.60. The number of nitrogens with zero attached hydrogens (tertiary/aromatic N) is 6. The van der Waals surface area contributed by atoms with Gasteiger partial charge < -0.3 is 20.7 Å². The largest absolute Gasteiger partial charge is 0.492 e. The van der Waals surface area contributed by atoms with E-state index in [1.54, 1.807) is 30.5 Å². The number of pyridine rings is 2. The third-order valence-corrected chi connectivity index (χ3v) is 4.27. The molecule has 0 aromatic carbocycles. The van der Waals surface area contributed by atoms with E-state index >= 15 is 0 Å². The minimum Gasteiger partial charge on any atom is -0.492 e. The summed E-state index contributed by atoms with van der Waals surface area (Å²) in [6, 6.07) is 8.19. The molecule has 0 saturated heterocycles. The Bertz CT molecular complexity index is 1370. The maximum Gasteiger partial charge on any atom is 0.273 e. The number of rotatable bonds is 7. The molecule has 4 rings (SSSR count). The van der Waals surface area contributed by atoms with Crippen LogP contribution in [0.2, 0.25) is 0 Å². The molecule has 0 spiro atoms. The van der Waals surface area contributed by atoms with Crippen LogP contribution in [0.3, 0.4) is 0 Å². The normalized spacial score (nSPS) is 12.1. The first-order valence-corrected chi connectivity index (χ1v) is 9.40. The summed E-state index contributed by atoms with van der Waals surface area (Å²) in [6.45, 7) is -2.75. The summed E-state index contributed by atoms with van der Waals surface area (Å²) in [5, 5.41) is 15.6. The summed E-state index contributed by atoms with van der Waals surface area (Å²) in [6.07, 6.45) is 5.02. The zero-order valence-electron chi connectivity index (χ0n) is 20.1. The summed E-state index contributed by atoms with van der Waals surface area (Å²) in [5.41, 5.74) is 0.135. The summed E-state index contributed by atoms with van der Waals surface area (Å²) >= 11 is 0. The number of hydrogen-bond acceptors (Lipinski definition) is 10. The minimum absolute atomic E-state index is 0.0631. The lowest BCUT2D eigenvalue weighted by molar-refractivity contribution is 0.0958. The highest BCUT2D eigenvalue weighted by Gasteiger charge is 2.19. The molecule has 11 nitrogen and oxygen atoms in total. The van der Waals surface area contributed by atoms with Crippen LogP contribution >= 0.6 is 0 Å². The van der Waals surface area contributed by atoms with E-state index < -0.39 is 18.7 Å². The number of ether oxygens (including phenoxy) is 1. The van der Waals surface area contributed by atoms with Crippen molar-refractivity contribution in [2.45, 2.75) is 0 Å². The Morgan fingerprint density at radius 2 is 1.88 bits per heavy atom. The van der Waals surface area contributed by atoms with Crippen LogP contribution in [0, 0.1) is 5.82 Å². The van der Waals surface area contributed by atoms with Crippen molar-refractivity contribution in [1.29, 1.82) is 0 Å². The topological polar surface area (TPSA) is 140 Å². The van der Waals surface area contributed by atoms with Crippen molar-refractivity contribution in [3.05, 3.63) is 66.6 Å². The Balaban J connectivity index is 1.75. The maximum absolute atomic E-state index is 13.3. The predicted octanol–water partition coefficient (Wildman–Crippen LogP) is 2.72. The predicted molar refractivity (Wildman–Crippen MR) is 118 cm³/mol. The Morgan fingerprint density at radius 3 is 2.61 bits per heavy atom. The Hall–Kier alpha value is -4.74. The molecule has 12 heteroatoms. The van der Waals surface area contributed by atoms with Crippen LogP contribution in [0.25, 0.3) is 11.4 Å². The van der Waals surface area contributed by atoms with E-state index in [0.29, 0.717) is 11.4 Å². The molecule has 3 N–H and O–H groups in total. The van der Waals surface area contributed by atoms with Gasteiger partial charge in [0.25, 0.3) is 5.91 Å². The van der Waals surface area contributed by atoms with Gasteiger partial charge in [0.05, 0.1) is 30.8 Å². The van der Waals surface area contributed by atoms with Gasteiger partial charge in [0.15, 0.2) is 34.7 Å². The Kier molecular flexibility index (Phi) is 5.20. The van der Waals surface area contributed by atoms with Gasteiger partial charge >= 0.3 is 0 Å². The number of halogens is 1. The molecule has 4 heterocycles. The number of hydrogen-bond donors (Lipinski definition) is 3. The van der Waals surface area contributed by atoms with E-state index in [1.165, 1.54) is 19.4 Å². The molecule has 0 radical (unpaired) electrons. The summed E-state index contributed by atoms with van der Waals surface area (Å²) in [4.78, 5) is 29.0. The molecule has 0 saturated carbocycles. The molecule has 4 aromatic heterocycles. The number of carbonyl (C=O) groups is 1. The highest BCUT2D eigenvalue weighted by Crippen LogP contribution is 2.35. The number of methoxy groups -OCH3 is 1. The standard InChI is InChI=1S/C21H18FN9O2/c1-23-21(32)17-14(9-16(30-31-17)29-15-5-3-4-7-24-15)28-20-18(33-2)13(6-8-25-20)19-26-10-12(22)11-27-19/h3-11H,1-2H3,(H,23,32)(H2,24,25,28,29,30)/i1D3. The van der Waals surface area contributed by atoms with Crippen LogP contribution in [-0.2, 0) is 0 Å². The van der Waals surface area contributed by atoms with Crippen LogP contribution in [0.5, 0.6) is 5.75 Å². The van der Waals surface area contributed by atoms with E-state index in [4.69, 9.17) is 8.85 Å². The summed E-state index contributed by atoms with van der Waals surface area (Å²) in [5.74, 6) is -0.450. The third-order valence-electron chi connectivity index (χ3n) is 4.27. The number of amides is 1. The molecule has 0 aliphatic carbocycles. The molecular weight excluding hydrogens is 429 g/mol. The second-order valence-electron chi connectivity index (χ2n) is 6.38. The van der Waals surface area contributed by atoms with Gasteiger partial charge in [-0.1, -0.05) is 6.07 Å². The van der Waals surface area contributed by atoms with Crippen LogP contribution in [-0.4, -0.2) is 50.1 Å². The van der Waals surface area contributed by atoms with E-state index in [2.05, 4.69) is 40.8 Å². The van der Waals surface area contributed by atoms with Gasteiger partial charge in [-0.15, -0.1) is 10.2 Å². The van der Waals surface area contributed by atoms with Crippen molar-refractivity contribution in [2.75, 3.05) is 24.7 Å². The van der Waals surface area contributed by atoms with Crippen LogP contribution in [0.15, 0.2) is 55.1 Å².